The van der Waals surface area contributed by atoms with Crippen LogP contribution >= 0.6 is 11.3 Å². The number of thiazole rings is 1. The van der Waals surface area contributed by atoms with Crippen LogP contribution in [0.15, 0.2) is 0 Å². The molecule has 4 atom stereocenters. The van der Waals surface area contributed by atoms with Crippen LogP contribution in [0.2, 0.25) is 0 Å². The van der Waals surface area contributed by atoms with Gasteiger partial charge in [0, 0.05) is 17.5 Å². The number of nitrogens with one attached hydrogen (secondary N) is 1. The van der Waals surface area contributed by atoms with Crippen LogP contribution in [0.5, 0.6) is 0 Å². The van der Waals surface area contributed by atoms with Gasteiger partial charge in [-0.05, 0) is 52.1 Å². The van der Waals surface area contributed by atoms with Gasteiger partial charge in [0.1, 0.15) is 0 Å². The molecule has 0 aromatic carbocycles. The minimum atomic E-state index is 0.473. The van der Waals surface area contributed by atoms with Gasteiger partial charge in [-0.2, -0.15) is 0 Å². The highest BCUT2D eigenvalue weighted by atomic mass is 32.1. The first-order valence-electron chi connectivity index (χ1n) is 7.52. The van der Waals surface area contributed by atoms with Crippen LogP contribution in [0.1, 0.15) is 41.9 Å². The zero-order valence-electron chi connectivity index (χ0n) is 12.4. The molecule has 0 radical (unpaired) electrons. The molecule has 4 unspecified atom stereocenters. The zero-order chi connectivity index (χ0) is 13.6. The van der Waals surface area contributed by atoms with Gasteiger partial charge in [0.2, 0.25) is 0 Å². The quantitative estimate of drug-likeness (QED) is 0.922. The molecule has 0 saturated carbocycles. The van der Waals surface area contributed by atoms with Crippen molar-refractivity contribution in [1.29, 1.82) is 0 Å². The van der Waals surface area contributed by atoms with Crippen LogP contribution in [0.25, 0.3) is 0 Å². The Morgan fingerprint density at radius 2 is 2.21 bits per heavy atom. The molecule has 0 aliphatic carbocycles. The molecule has 1 aromatic rings. The van der Waals surface area contributed by atoms with Crippen LogP contribution < -0.4 is 5.32 Å². The largest absolute Gasteiger partial charge is 0.316 e. The Balaban J connectivity index is 1.83. The van der Waals surface area contributed by atoms with Gasteiger partial charge in [-0.25, -0.2) is 4.98 Å². The van der Waals surface area contributed by atoms with Gasteiger partial charge < -0.3 is 5.32 Å². The topological polar surface area (TPSA) is 28.2 Å². The van der Waals surface area contributed by atoms with Crippen molar-refractivity contribution >= 4 is 11.3 Å². The maximum Gasteiger partial charge on any atom is 0.0900 e. The summed E-state index contributed by atoms with van der Waals surface area (Å²) in [4.78, 5) is 8.90. The SMILES string of the molecule is CCC1C2CNCC2CN1C(C)c1nc(C)sc1C. The Bertz CT molecular complexity index is 456. The third-order valence-corrected chi connectivity index (χ3v) is 5.91. The van der Waals surface area contributed by atoms with E-state index in [1.165, 1.54) is 41.6 Å². The van der Waals surface area contributed by atoms with Gasteiger partial charge in [-0.3, -0.25) is 4.90 Å². The number of fused-ring (bicyclic) bond motifs is 1. The molecule has 2 aliphatic heterocycles. The van der Waals surface area contributed by atoms with Crippen LogP contribution in [-0.4, -0.2) is 35.6 Å². The fourth-order valence-electron chi connectivity index (χ4n) is 4.13. The lowest BCUT2D eigenvalue weighted by Crippen LogP contribution is -2.37. The summed E-state index contributed by atoms with van der Waals surface area (Å²) in [6.07, 6.45) is 1.26. The van der Waals surface area contributed by atoms with Crippen LogP contribution in [-0.2, 0) is 0 Å². The minimum Gasteiger partial charge on any atom is -0.316 e. The molecule has 19 heavy (non-hydrogen) atoms. The summed E-state index contributed by atoms with van der Waals surface area (Å²) in [7, 11) is 0. The first kappa shape index (κ1) is 13.5. The summed E-state index contributed by atoms with van der Waals surface area (Å²) in [5, 5.41) is 4.77. The molecule has 4 heteroatoms. The predicted octanol–water partition coefficient (Wildman–Crippen LogP) is 2.75. The Morgan fingerprint density at radius 1 is 1.42 bits per heavy atom. The first-order valence-corrected chi connectivity index (χ1v) is 8.33. The summed E-state index contributed by atoms with van der Waals surface area (Å²) in [6, 6.07) is 1.21. The highest BCUT2D eigenvalue weighted by Gasteiger charge is 2.45. The van der Waals surface area contributed by atoms with Crippen molar-refractivity contribution in [3.63, 3.8) is 0 Å². The van der Waals surface area contributed by atoms with E-state index in [2.05, 4.69) is 37.9 Å². The summed E-state index contributed by atoms with van der Waals surface area (Å²) in [5.41, 5.74) is 1.31. The molecule has 1 N–H and O–H groups in total. The van der Waals surface area contributed by atoms with Crippen LogP contribution in [0, 0.1) is 25.7 Å². The smallest absolute Gasteiger partial charge is 0.0900 e. The van der Waals surface area contributed by atoms with E-state index >= 15 is 0 Å². The number of aromatic nitrogens is 1. The zero-order valence-corrected chi connectivity index (χ0v) is 13.3. The third-order valence-electron chi connectivity index (χ3n) is 5.01. The second kappa shape index (κ2) is 5.15. The van der Waals surface area contributed by atoms with Gasteiger partial charge in [-0.1, -0.05) is 6.92 Å². The molecule has 2 fully saturated rings. The van der Waals surface area contributed by atoms with E-state index in [9.17, 15) is 0 Å². The van der Waals surface area contributed by atoms with Gasteiger partial charge in [0.15, 0.2) is 0 Å². The Morgan fingerprint density at radius 3 is 2.84 bits per heavy atom. The molecular formula is C15H25N3S. The molecule has 1 aromatic heterocycles. The standard InChI is InChI=1S/C15H25N3S/c1-5-14-13-7-16-6-12(13)8-18(14)9(2)15-10(3)19-11(4)17-15/h9,12-14,16H,5-8H2,1-4H3. The number of nitrogens with zero attached hydrogens (tertiary/aromatic N) is 2. The summed E-state index contributed by atoms with van der Waals surface area (Å²) in [5.74, 6) is 1.71. The molecule has 0 spiro atoms. The monoisotopic (exact) mass is 279 g/mol. The van der Waals surface area contributed by atoms with E-state index in [1.807, 2.05) is 11.3 Å². The molecule has 2 aliphatic rings. The number of hydrogen-bond donors (Lipinski definition) is 1. The van der Waals surface area contributed by atoms with Crippen molar-refractivity contribution in [3.05, 3.63) is 15.6 Å². The highest BCUT2D eigenvalue weighted by Crippen LogP contribution is 2.40. The lowest BCUT2D eigenvalue weighted by Gasteiger charge is -2.32. The molecular weight excluding hydrogens is 254 g/mol. The van der Waals surface area contributed by atoms with Crippen LogP contribution in [0.4, 0.5) is 0 Å². The highest BCUT2D eigenvalue weighted by molar-refractivity contribution is 7.11. The van der Waals surface area contributed by atoms with Crippen LogP contribution in [0.3, 0.4) is 0 Å². The lowest BCUT2D eigenvalue weighted by molar-refractivity contribution is 0.162. The van der Waals surface area contributed by atoms with Crippen molar-refractivity contribution in [1.82, 2.24) is 15.2 Å². The first-order chi connectivity index (χ1) is 9.11. The lowest BCUT2D eigenvalue weighted by atomic mass is 9.92. The normalized spacial score (nSPS) is 32.7. The minimum absolute atomic E-state index is 0.473. The van der Waals surface area contributed by atoms with E-state index in [-0.39, 0.29) is 0 Å². The van der Waals surface area contributed by atoms with Crippen molar-refractivity contribution in [3.8, 4) is 0 Å². The maximum absolute atomic E-state index is 4.78. The summed E-state index contributed by atoms with van der Waals surface area (Å²) >= 11 is 1.84. The summed E-state index contributed by atoms with van der Waals surface area (Å²) in [6.45, 7) is 12.7. The second-order valence-corrected chi connectivity index (χ2v) is 7.51. The summed E-state index contributed by atoms with van der Waals surface area (Å²) < 4.78 is 0. The van der Waals surface area contributed by atoms with Crippen molar-refractivity contribution in [2.24, 2.45) is 11.8 Å². The Kier molecular flexibility index (Phi) is 3.67. The number of rotatable bonds is 3. The van der Waals surface area contributed by atoms with Gasteiger partial charge in [-0.15, -0.1) is 11.3 Å². The van der Waals surface area contributed by atoms with Crippen molar-refractivity contribution in [2.75, 3.05) is 19.6 Å². The maximum atomic E-state index is 4.78. The fraction of sp³-hybridized carbons (Fsp3) is 0.800. The molecule has 3 rings (SSSR count). The third kappa shape index (κ3) is 2.24. The van der Waals surface area contributed by atoms with E-state index < -0.39 is 0 Å². The average Bonchev–Trinajstić information content (AvgIpc) is 3.01. The van der Waals surface area contributed by atoms with Crippen molar-refractivity contribution in [2.45, 2.75) is 46.2 Å². The molecule has 106 valence electrons. The average molecular weight is 279 g/mol. The molecule has 3 nitrogen and oxygen atoms in total. The van der Waals surface area contributed by atoms with Crippen molar-refractivity contribution < 1.29 is 0 Å². The van der Waals surface area contributed by atoms with E-state index in [0.717, 1.165) is 17.9 Å². The number of aryl methyl sites for hydroxylation is 2. The number of hydrogen-bond acceptors (Lipinski definition) is 4. The van der Waals surface area contributed by atoms with Gasteiger partial charge >= 0.3 is 0 Å². The molecule has 2 saturated heterocycles. The molecule has 3 heterocycles. The number of likely N-dealkylation sites (tertiary alicyclic amines) is 1. The second-order valence-electron chi connectivity index (χ2n) is 6.10. The van der Waals surface area contributed by atoms with Gasteiger partial charge in [0.25, 0.3) is 0 Å². The van der Waals surface area contributed by atoms with E-state index in [0.29, 0.717) is 6.04 Å². The predicted molar refractivity (Wildman–Crippen MR) is 80.6 cm³/mol. The molecule has 0 bridgehead atoms. The Hall–Kier alpha value is -0.450. The Labute approximate surface area is 120 Å². The molecule has 0 amide bonds. The fourth-order valence-corrected chi connectivity index (χ4v) is 5.04. The van der Waals surface area contributed by atoms with E-state index in [4.69, 9.17) is 4.98 Å². The van der Waals surface area contributed by atoms with Gasteiger partial charge in [0.05, 0.1) is 16.7 Å². The van der Waals surface area contributed by atoms with E-state index in [1.54, 1.807) is 0 Å².